The van der Waals surface area contributed by atoms with E-state index in [1.807, 2.05) is 104 Å². The molecule has 0 spiro atoms. The number of imide groups is 1. The van der Waals surface area contributed by atoms with Gasteiger partial charge in [-0.15, -0.1) is 0 Å². The van der Waals surface area contributed by atoms with Crippen LogP contribution in [0.25, 0.3) is 4.98 Å². The Hall–Kier alpha value is -7.49. The van der Waals surface area contributed by atoms with Crippen molar-refractivity contribution in [2.75, 3.05) is 53.3 Å². The molecule has 4 rings (SSSR count). The number of rotatable bonds is 38. The van der Waals surface area contributed by atoms with Crippen LogP contribution in [0, 0.1) is 52.7 Å². The molecule has 0 aliphatic carbocycles. The maximum Gasteiger partial charge on any atom is 0.410 e. The SMILES string of the molecule is CC[C@H](C)[C@@H](C(CC(=O)N1CCC[C@H]1C)OC)N(C)C(=O)[C@@H](CC(=O)[C@H](C(C)C)N(C)C(=O)OCc1ccc(NC(=O)C(N)CCCNC(=O)NC(=O)[C@@H](CC(=O)CCOCc2ccc([N+]#N)cc2)C(C)C)cc1)C(C)C.CO[C@@H](C)[C@@H](C)C(=O)C[C@H](C)[C@@H](O)c1ccccc1. The number of nitrogens with one attached hydrogen (secondary N) is 3. The lowest BCUT2D eigenvalue weighted by atomic mass is 9.83. The number of Topliss-reactive ketones (excluding diaryl/α,β-unsaturated/α-hetero) is 3. The molecule has 0 saturated carbocycles. The average Bonchev–Trinajstić information content (AvgIpc) is 1.02. The summed E-state index contributed by atoms with van der Waals surface area (Å²) in [5, 5.41) is 26.7. The molecule has 0 radical (unpaired) electrons. The number of urea groups is 1. The van der Waals surface area contributed by atoms with Gasteiger partial charge in [-0.25, -0.2) is 9.59 Å². The number of amides is 7. The molecular weight excluding hydrogens is 1230 g/mol. The van der Waals surface area contributed by atoms with Crippen molar-refractivity contribution in [1.82, 2.24) is 25.3 Å². The number of nitrogens with zero attached hydrogens (tertiary/aromatic N) is 5. The van der Waals surface area contributed by atoms with E-state index in [1.165, 1.54) is 11.9 Å². The van der Waals surface area contributed by atoms with Gasteiger partial charge in [0.15, 0.2) is 10.8 Å². The van der Waals surface area contributed by atoms with Crippen molar-refractivity contribution >= 4 is 64.5 Å². The van der Waals surface area contributed by atoms with Gasteiger partial charge in [0.25, 0.3) is 0 Å². The first kappa shape index (κ1) is 82.7. The van der Waals surface area contributed by atoms with Crippen LogP contribution in [-0.4, -0.2) is 157 Å². The van der Waals surface area contributed by atoms with Crippen molar-refractivity contribution in [2.45, 2.75) is 203 Å². The first-order valence-corrected chi connectivity index (χ1v) is 34.0. The maximum absolute atomic E-state index is 14.4. The minimum absolute atomic E-state index is 0.00229. The molecule has 12 atom stereocenters. The number of carbonyl (C=O) groups is 9. The number of methoxy groups -OCH3 is 2. The number of anilines is 1. The number of likely N-dealkylation sites (N-methyl/N-ethyl adjacent to an activating group) is 2. The lowest BCUT2D eigenvalue weighted by molar-refractivity contribution is -0.148. The van der Waals surface area contributed by atoms with Gasteiger partial charge in [-0.2, -0.15) is 0 Å². The highest BCUT2D eigenvalue weighted by molar-refractivity contribution is 5.98. The molecule has 3 aromatic carbocycles. The van der Waals surface area contributed by atoms with Gasteiger partial charge in [-0.1, -0.05) is 118 Å². The molecule has 1 fully saturated rings. The Morgan fingerprint density at radius 1 is 0.729 bits per heavy atom. The van der Waals surface area contributed by atoms with Crippen LogP contribution in [0.4, 0.5) is 21.0 Å². The fourth-order valence-electron chi connectivity index (χ4n) is 11.8. The third-order valence-electron chi connectivity index (χ3n) is 18.5. The Morgan fingerprint density at radius 3 is 1.90 bits per heavy atom. The van der Waals surface area contributed by atoms with Crippen LogP contribution in [0.1, 0.15) is 170 Å². The monoisotopic (exact) mass is 1340 g/mol. The van der Waals surface area contributed by atoms with E-state index in [0.717, 1.165) is 30.4 Å². The highest BCUT2D eigenvalue weighted by Gasteiger charge is 2.41. The van der Waals surface area contributed by atoms with Crippen LogP contribution in [0.3, 0.4) is 0 Å². The van der Waals surface area contributed by atoms with Crippen molar-refractivity contribution in [3.05, 3.63) is 101 Å². The van der Waals surface area contributed by atoms with Crippen molar-refractivity contribution in [3.63, 3.8) is 0 Å². The number of benzene rings is 3. The number of diazo groups is 1. The van der Waals surface area contributed by atoms with E-state index in [9.17, 15) is 48.3 Å². The topological polar surface area (TPSA) is 311 Å². The second kappa shape index (κ2) is 42.2. The fourth-order valence-corrected chi connectivity index (χ4v) is 11.8. The van der Waals surface area contributed by atoms with Gasteiger partial charge in [0.2, 0.25) is 29.0 Å². The molecule has 3 aromatic rings. The molecule has 2 unspecified atom stereocenters. The molecule has 96 heavy (non-hydrogen) atoms. The van der Waals surface area contributed by atoms with Crippen molar-refractivity contribution < 1.29 is 67.2 Å². The number of likely N-dealkylation sites (tertiary alicyclic amines) is 1. The molecule has 7 amide bonds. The van der Waals surface area contributed by atoms with Gasteiger partial charge in [-0.3, -0.25) is 38.9 Å². The Balaban J connectivity index is 0.00000108. The number of aliphatic hydroxyl groups is 1. The van der Waals surface area contributed by atoms with Crippen molar-refractivity contribution in [3.8, 4) is 0 Å². The number of hydrogen-bond acceptors (Lipinski definition) is 16. The van der Waals surface area contributed by atoms with Crippen LogP contribution in [0.2, 0.25) is 0 Å². The van der Waals surface area contributed by atoms with Gasteiger partial charge in [0.05, 0.1) is 56.1 Å². The Labute approximate surface area is 570 Å². The summed E-state index contributed by atoms with van der Waals surface area (Å²) in [6.45, 7) is 24.0. The second-order valence-corrected chi connectivity index (χ2v) is 26.8. The number of ketones is 3. The lowest BCUT2D eigenvalue weighted by Gasteiger charge is -2.40. The number of ether oxygens (including phenoxy) is 4. The minimum Gasteiger partial charge on any atom is -0.445 e. The highest BCUT2D eigenvalue weighted by Crippen LogP contribution is 2.31. The number of hydrogen-bond donors (Lipinski definition) is 5. The standard InChI is InChI=1S/C57H87N9O11.C16H24O3/c1-13-38(8)52(49(75-12)32-50(69)66-28-15-16-39(66)9)64(10)55(72)46(36(4)5)31-48(68)51(37(6)7)65(11)57(74)77-34-41-18-22-42(23-19-41)61-54(71)47(58)17-14-27-60-56(73)62-53(70)45(35(2)3)30-44(67)26-29-76-33-40-20-24-43(63-59)25-21-40;1-11(10-15(17)12(2)13(3)19-4)16(18)14-8-6-5-7-9-14/h18-25,35-39,45-47,49,51-52H,13-17,26-34,58H2,1-12H3,(H2-,60,61,62,70,71,73);5-9,11-13,16,18H,10H2,1-4H3/p+1/t38-,39+,45-,46-,47?,49?,51-,52-;11-,12+,13-,16+/m00/s1. The molecule has 6 N–H and O–H groups in total. The van der Waals surface area contributed by atoms with E-state index in [-0.39, 0.29) is 135 Å². The van der Waals surface area contributed by atoms with E-state index in [4.69, 9.17) is 30.1 Å². The average molecular weight is 1340 g/mol. The van der Waals surface area contributed by atoms with E-state index >= 15 is 0 Å². The number of aliphatic hydroxyl groups excluding tert-OH is 1. The molecule has 1 saturated heterocycles. The predicted molar refractivity (Wildman–Crippen MR) is 369 cm³/mol. The van der Waals surface area contributed by atoms with E-state index < -0.39 is 66.1 Å². The molecule has 23 nitrogen and oxygen atoms in total. The smallest absolute Gasteiger partial charge is 0.410 e. The summed E-state index contributed by atoms with van der Waals surface area (Å²) in [6.07, 6.45) is 1.71. The van der Waals surface area contributed by atoms with E-state index in [0.29, 0.717) is 36.3 Å². The van der Waals surface area contributed by atoms with E-state index in [1.54, 1.807) is 88.5 Å². The van der Waals surface area contributed by atoms with Crippen molar-refractivity contribution in [1.29, 1.82) is 5.39 Å². The summed E-state index contributed by atoms with van der Waals surface area (Å²) in [6, 6.07) is 20.1. The number of carbonyl (C=O) groups excluding carboxylic acids is 9. The molecule has 532 valence electrons. The molecule has 0 aromatic heterocycles. The fraction of sp³-hybridized carbons (Fsp3) is 0.630. The summed E-state index contributed by atoms with van der Waals surface area (Å²) in [7, 11) is 6.41. The largest absolute Gasteiger partial charge is 0.445 e. The molecule has 1 heterocycles. The molecule has 0 bridgehead atoms. The zero-order valence-electron chi connectivity index (χ0n) is 59.8. The summed E-state index contributed by atoms with van der Waals surface area (Å²) in [5.74, 6) is -3.96. The van der Waals surface area contributed by atoms with Gasteiger partial charge >= 0.3 is 17.8 Å². The highest BCUT2D eigenvalue weighted by atomic mass is 16.6. The third kappa shape index (κ3) is 26.8. The maximum atomic E-state index is 14.4. The zero-order valence-corrected chi connectivity index (χ0v) is 59.8. The second-order valence-electron chi connectivity index (χ2n) is 26.8. The summed E-state index contributed by atoms with van der Waals surface area (Å²) in [4.78, 5) is 127. The third-order valence-corrected chi connectivity index (χ3v) is 18.5. The van der Waals surface area contributed by atoms with Crippen LogP contribution in [-0.2, 0) is 65.7 Å². The normalized spacial score (nSPS) is 16.4. The van der Waals surface area contributed by atoms with Gasteiger partial charge in [-0.05, 0) is 110 Å². The van der Waals surface area contributed by atoms with Crippen LogP contribution >= 0.6 is 0 Å². The molecule has 1 aliphatic heterocycles. The minimum atomic E-state index is -0.914. The quantitative estimate of drug-likeness (QED) is 0.0263. The summed E-state index contributed by atoms with van der Waals surface area (Å²) >= 11 is 0. The van der Waals surface area contributed by atoms with Crippen LogP contribution in [0.5, 0.6) is 0 Å². The first-order valence-electron chi connectivity index (χ1n) is 34.0. The zero-order chi connectivity index (χ0) is 71.9. The number of nitrogens with two attached hydrogens (primary N) is 1. The lowest BCUT2D eigenvalue weighted by Crippen LogP contribution is -2.53. The Bertz CT molecular complexity index is 2980. The molecule has 1 aliphatic rings. The summed E-state index contributed by atoms with van der Waals surface area (Å²) < 4.78 is 22.4. The Kier molecular flexibility index (Phi) is 36.4. The predicted octanol–water partition coefficient (Wildman–Crippen LogP) is 11.0. The van der Waals surface area contributed by atoms with Crippen LogP contribution < -0.4 is 21.7 Å². The molecule has 23 heteroatoms. The van der Waals surface area contributed by atoms with Crippen LogP contribution in [0.15, 0.2) is 78.9 Å². The molecular formula is C73H112N9O14+. The summed E-state index contributed by atoms with van der Waals surface area (Å²) in [5.41, 5.74) is 9.34. The van der Waals surface area contributed by atoms with Gasteiger partial charge < -0.3 is 55.1 Å². The van der Waals surface area contributed by atoms with Crippen molar-refractivity contribution in [2.24, 2.45) is 53.1 Å². The Morgan fingerprint density at radius 2 is 1.34 bits per heavy atom. The van der Waals surface area contributed by atoms with Gasteiger partial charge in [0.1, 0.15) is 18.2 Å². The van der Waals surface area contributed by atoms with E-state index in [2.05, 4.69) is 20.9 Å². The first-order chi connectivity index (χ1) is 45.4. The van der Waals surface area contributed by atoms with Gasteiger partial charge in [0, 0.05) is 109 Å².